The predicted molar refractivity (Wildman–Crippen MR) is 163 cm³/mol. The molecular formula is C31H41N7O2. The van der Waals surface area contributed by atoms with E-state index in [0.29, 0.717) is 28.6 Å². The Hall–Kier alpha value is -4.14. The number of anilines is 4. The first kappa shape index (κ1) is 28.9. The highest BCUT2D eigenvalue weighted by Gasteiger charge is 2.20. The number of nitrogens with zero attached hydrogens (tertiary/aromatic N) is 3. The molecule has 1 aliphatic heterocycles. The molecule has 0 aliphatic carbocycles. The second kappa shape index (κ2) is 13.8. The maximum atomic E-state index is 12.1. The molecule has 0 spiro atoms. The number of rotatable bonds is 11. The van der Waals surface area contributed by atoms with Crippen molar-refractivity contribution in [3.05, 3.63) is 54.1 Å². The first-order chi connectivity index (χ1) is 19.3. The molecule has 0 saturated carbocycles. The normalized spacial score (nSPS) is 15.4. The fraction of sp³-hybridized carbons (Fsp3) is 0.419. The van der Waals surface area contributed by atoms with Gasteiger partial charge in [-0.15, -0.1) is 0 Å². The van der Waals surface area contributed by atoms with Crippen LogP contribution in [0.4, 0.5) is 23.0 Å². The van der Waals surface area contributed by atoms with Crippen LogP contribution >= 0.6 is 0 Å². The monoisotopic (exact) mass is 543 g/mol. The van der Waals surface area contributed by atoms with E-state index in [9.17, 15) is 4.79 Å². The number of ether oxygens (including phenoxy) is 1. The summed E-state index contributed by atoms with van der Waals surface area (Å²) in [7, 11) is 0. The van der Waals surface area contributed by atoms with Crippen molar-refractivity contribution in [1.82, 2.24) is 15.3 Å². The Kier molecular flexibility index (Phi) is 9.94. The van der Waals surface area contributed by atoms with E-state index in [1.807, 2.05) is 56.3 Å². The van der Waals surface area contributed by atoms with Crippen molar-refractivity contribution >= 4 is 35.1 Å². The highest BCUT2D eigenvalue weighted by molar-refractivity contribution is 5.87. The zero-order valence-corrected chi connectivity index (χ0v) is 23.7. The summed E-state index contributed by atoms with van der Waals surface area (Å²) in [5.74, 6) is 3.25. The van der Waals surface area contributed by atoms with Crippen molar-refractivity contribution in [1.29, 1.82) is 5.41 Å². The minimum absolute atomic E-state index is 0.0527. The maximum Gasteiger partial charge on any atom is 0.258 e. The van der Waals surface area contributed by atoms with E-state index in [4.69, 9.17) is 25.8 Å². The van der Waals surface area contributed by atoms with Gasteiger partial charge in [0.15, 0.2) is 12.4 Å². The van der Waals surface area contributed by atoms with Gasteiger partial charge in [-0.25, -0.2) is 9.97 Å². The Bertz CT molecular complexity index is 1310. The summed E-state index contributed by atoms with van der Waals surface area (Å²) in [6.07, 6.45) is 7.26. The number of amides is 1. The molecule has 1 saturated heterocycles. The van der Waals surface area contributed by atoms with Gasteiger partial charge in [0, 0.05) is 53.9 Å². The third kappa shape index (κ3) is 7.94. The molecule has 212 valence electrons. The topological polar surface area (TPSA) is 129 Å². The van der Waals surface area contributed by atoms with Crippen LogP contribution in [0.1, 0.15) is 58.4 Å². The van der Waals surface area contributed by atoms with Crippen LogP contribution in [0, 0.1) is 11.3 Å². The van der Waals surface area contributed by atoms with Crippen LogP contribution in [0.5, 0.6) is 5.75 Å². The van der Waals surface area contributed by atoms with E-state index >= 15 is 0 Å². The maximum absolute atomic E-state index is 12.1. The lowest BCUT2D eigenvalue weighted by Crippen LogP contribution is -2.34. The van der Waals surface area contributed by atoms with Gasteiger partial charge < -0.3 is 31.4 Å². The number of hydrogen-bond acceptors (Lipinski definition) is 8. The number of carbonyl (C=O) groups excluding carboxylic acids is 1. The van der Waals surface area contributed by atoms with Crippen LogP contribution < -0.4 is 26.0 Å². The van der Waals surface area contributed by atoms with Gasteiger partial charge in [0.1, 0.15) is 17.4 Å². The Morgan fingerprint density at radius 1 is 1.18 bits per heavy atom. The molecule has 9 heteroatoms. The molecule has 2 aromatic carbocycles. The molecule has 4 rings (SSSR count). The molecule has 1 amide bonds. The van der Waals surface area contributed by atoms with Crippen LogP contribution in [0.15, 0.2) is 48.5 Å². The SMILES string of the molecule is CCCC1CCCN(c2cc(Nc3ccc(N)c(C=N)c3)nc(-c3cccc(OCC(=O)NC(C)C)c3)n2)CC1. The molecule has 3 aromatic rings. The van der Waals surface area contributed by atoms with E-state index in [0.717, 1.165) is 48.9 Å². The zero-order chi connectivity index (χ0) is 28.5. The van der Waals surface area contributed by atoms with Crippen molar-refractivity contribution in [2.45, 2.75) is 58.9 Å². The van der Waals surface area contributed by atoms with Gasteiger partial charge in [-0.2, -0.15) is 0 Å². The van der Waals surface area contributed by atoms with Crippen LogP contribution in [0.3, 0.4) is 0 Å². The molecule has 1 aromatic heterocycles. The van der Waals surface area contributed by atoms with E-state index in [-0.39, 0.29) is 18.6 Å². The summed E-state index contributed by atoms with van der Waals surface area (Å²) in [4.78, 5) is 24.3. The molecule has 0 bridgehead atoms. The Balaban J connectivity index is 1.64. The lowest BCUT2D eigenvalue weighted by atomic mass is 9.96. The number of nitrogen functional groups attached to an aromatic ring is 1. The molecule has 1 aliphatic rings. The Labute approximate surface area is 237 Å². The number of benzene rings is 2. The minimum atomic E-state index is -0.166. The van der Waals surface area contributed by atoms with Gasteiger partial charge in [-0.05, 0) is 69.4 Å². The number of hydrogen-bond donors (Lipinski definition) is 4. The average Bonchev–Trinajstić information content (AvgIpc) is 3.18. The largest absolute Gasteiger partial charge is 0.484 e. The molecule has 40 heavy (non-hydrogen) atoms. The quantitative estimate of drug-likeness (QED) is 0.178. The summed E-state index contributed by atoms with van der Waals surface area (Å²) >= 11 is 0. The molecule has 9 nitrogen and oxygen atoms in total. The summed E-state index contributed by atoms with van der Waals surface area (Å²) in [5, 5.41) is 13.9. The highest BCUT2D eigenvalue weighted by Crippen LogP contribution is 2.30. The van der Waals surface area contributed by atoms with E-state index < -0.39 is 0 Å². The molecule has 2 heterocycles. The third-order valence-corrected chi connectivity index (χ3v) is 7.01. The first-order valence-corrected chi connectivity index (χ1v) is 14.2. The molecule has 0 radical (unpaired) electrons. The second-order valence-corrected chi connectivity index (χ2v) is 10.7. The van der Waals surface area contributed by atoms with Crippen LogP contribution in [0.2, 0.25) is 0 Å². The van der Waals surface area contributed by atoms with Crippen molar-refractivity contribution in [2.24, 2.45) is 5.92 Å². The third-order valence-electron chi connectivity index (χ3n) is 7.01. The molecule has 1 unspecified atom stereocenters. The summed E-state index contributed by atoms with van der Waals surface area (Å²) in [5.41, 5.74) is 8.77. The van der Waals surface area contributed by atoms with Gasteiger partial charge in [-0.1, -0.05) is 31.9 Å². The summed E-state index contributed by atoms with van der Waals surface area (Å²) in [6.45, 7) is 7.93. The van der Waals surface area contributed by atoms with Gasteiger partial charge in [0.25, 0.3) is 5.91 Å². The molecule has 1 fully saturated rings. The molecule has 5 N–H and O–H groups in total. The second-order valence-electron chi connectivity index (χ2n) is 10.7. The summed E-state index contributed by atoms with van der Waals surface area (Å²) < 4.78 is 5.76. The van der Waals surface area contributed by atoms with Crippen LogP contribution in [-0.2, 0) is 4.79 Å². The first-order valence-electron chi connectivity index (χ1n) is 14.2. The van der Waals surface area contributed by atoms with Gasteiger partial charge in [0.2, 0.25) is 0 Å². The van der Waals surface area contributed by atoms with Gasteiger partial charge in [-0.3, -0.25) is 4.79 Å². The number of nitrogens with two attached hydrogens (primary N) is 1. The number of carbonyl (C=O) groups is 1. The van der Waals surface area contributed by atoms with Crippen LogP contribution in [-0.4, -0.2) is 47.8 Å². The number of nitrogens with one attached hydrogen (secondary N) is 3. The lowest BCUT2D eigenvalue weighted by Gasteiger charge is -2.23. The predicted octanol–water partition coefficient (Wildman–Crippen LogP) is 5.78. The lowest BCUT2D eigenvalue weighted by molar-refractivity contribution is -0.123. The fourth-order valence-electron chi connectivity index (χ4n) is 5.04. The number of aromatic nitrogens is 2. The van der Waals surface area contributed by atoms with E-state index in [1.54, 1.807) is 6.07 Å². The van der Waals surface area contributed by atoms with E-state index in [1.165, 1.54) is 25.5 Å². The zero-order valence-electron chi connectivity index (χ0n) is 23.7. The van der Waals surface area contributed by atoms with Gasteiger partial charge in [0.05, 0.1) is 0 Å². The van der Waals surface area contributed by atoms with Crippen molar-refractivity contribution in [2.75, 3.05) is 35.6 Å². The Morgan fingerprint density at radius 3 is 2.80 bits per heavy atom. The van der Waals surface area contributed by atoms with Crippen molar-refractivity contribution < 1.29 is 9.53 Å². The van der Waals surface area contributed by atoms with Crippen molar-refractivity contribution in [3.63, 3.8) is 0 Å². The fourth-order valence-corrected chi connectivity index (χ4v) is 5.04. The van der Waals surface area contributed by atoms with Gasteiger partial charge >= 0.3 is 0 Å². The smallest absolute Gasteiger partial charge is 0.258 e. The minimum Gasteiger partial charge on any atom is -0.484 e. The molecule has 1 atom stereocenters. The van der Waals surface area contributed by atoms with Crippen molar-refractivity contribution in [3.8, 4) is 17.1 Å². The van der Waals surface area contributed by atoms with E-state index in [2.05, 4.69) is 22.5 Å². The standard InChI is InChI=1S/C31H41N7O2/c1-4-7-22-8-6-14-38(15-13-22)29-18-28(35-25-11-12-27(33)24(16-25)19-32)36-31(37-29)23-9-5-10-26(17-23)40-20-30(39)34-21(2)3/h5,9-12,16-19,21-22,32H,4,6-8,13-15,20,33H2,1-3H3,(H,34,39)(H,35,36,37). The molecular weight excluding hydrogens is 502 g/mol. The Morgan fingerprint density at radius 2 is 2.02 bits per heavy atom. The summed E-state index contributed by atoms with van der Waals surface area (Å²) in [6, 6.07) is 15.0. The highest BCUT2D eigenvalue weighted by atomic mass is 16.5. The van der Waals surface area contributed by atoms with Crippen LogP contribution in [0.25, 0.3) is 11.4 Å². The average molecular weight is 544 g/mol.